The fourth-order valence-electron chi connectivity index (χ4n) is 2.18. The molecule has 1 unspecified atom stereocenters. The van der Waals surface area contributed by atoms with Crippen molar-refractivity contribution in [2.45, 2.75) is 45.8 Å². The summed E-state index contributed by atoms with van der Waals surface area (Å²) in [5.41, 5.74) is 3.06. The highest BCUT2D eigenvalue weighted by Gasteiger charge is 2.13. The molecule has 1 heterocycles. The Hall–Kier alpha value is -1.61. The zero-order valence-corrected chi connectivity index (χ0v) is 11.9. The first-order valence-electron chi connectivity index (χ1n) is 6.92. The molecule has 1 N–H and O–H groups in total. The van der Waals surface area contributed by atoms with E-state index in [1.54, 1.807) is 6.20 Å². The lowest BCUT2D eigenvalue weighted by Gasteiger charge is -2.11. The van der Waals surface area contributed by atoms with Crippen molar-refractivity contribution in [3.63, 3.8) is 0 Å². The van der Waals surface area contributed by atoms with Crippen LogP contribution in [0.2, 0.25) is 0 Å². The minimum absolute atomic E-state index is 0.312. The van der Waals surface area contributed by atoms with E-state index < -0.39 is 6.10 Å². The first-order valence-corrected chi connectivity index (χ1v) is 6.92. The first-order chi connectivity index (χ1) is 9.11. The Labute approximate surface area is 114 Å². The van der Waals surface area contributed by atoms with Gasteiger partial charge in [0.2, 0.25) is 0 Å². The maximum Gasteiger partial charge on any atom is 0.107 e. The summed E-state index contributed by atoms with van der Waals surface area (Å²) in [7, 11) is 0. The summed E-state index contributed by atoms with van der Waals surface area (Å²) in [5, 5.41) is 14.7. The monoisotopic (exact) mass is 258 g/mol. The third kappa shape index (κ3) is 3.24. The number of aliphatic hydroxyl groups excluding tert-OH is 1. The summed E-state index contributed by atoms with van der Waals surface area (Å²) in [5.74, 6) is 0. The SMILES string of the molecule is CCCc1cccc(C(O)c2cnn(C(C)C)c2)c1. The molecule has 0 saturated carbocycles. The molecular weight excluding hydrogens is 236 g/mol. The molecule has 0 radical (unpaired) electrons. The standard InChI is InChI=1S/C16H22N2O/c1-4-6-13-7-5-8-14(9-13)16(19)15-10-17-18(11-15)12(2)3/h5,7-12,16,19H,4,6H2,1-3H3. The fraction of sp³-hybridized carbons (Fsp3) is 0.438. The molecule has 1 aromatic carbocycles. The van der Waals surface area contributed by atoms with Crippen molar-refractivity contribution in [3.05, 3.63) is 53.3 Å². The average Bonchev–Trinajstić information content (AvgIpc) is 2.88. The number of aliphatic hydroxyl groups is 1. The van der Waals surface area contributed by atoms with Crippen molar-refractivity contribution in [2.24, 2.45) is 0 Å². The molecule has 1 atom stereocenters. The molecule has 0 aliphatic heterocycles. The topological polar surface area (TPSA) is 38.1 Å². The third-order valence-electron chi connectivity index (χ3n) is 3.27. The Bertz CT molecular complexity index is 531. The number of aromatic nitrogens is 2. The summed E-state index contributed by atoms with van der Waals surface area (Å²) < 4.78 is 1.87. The van der Waals surface area contributed by atoms with Crippen LogP contribution in [0.1, 0.15) is 56.0 Å². The van der Waals surface area contributed by atoms with Crippen LogP contribution in [-0.4, -0.2) is 14.9 Å². The number of hydrogen-bond acceptors (Lipinski definition) is 2. The third-order valence-corrected chi connectivity index (χ3v) is 3.27. The van der Waals surface area contributed by atoms with E-state index in [1.807, 2.05) is 23.0 Å². The van der Waals surface area contributed by atoms with Crippen molar-refractivity contribution in [3.8, 4) is 0 Å². The zero-order chi connectivity index (χ0) is 13.8. The van der Waals surface area contributed by atoms with Gasteiger partial charge in [0, 0.05) is 17.8 Å². The highest BCUT2D eigenvalue weighted by Crippen LogP contribution is 2.23. The molecule has 0 bridgehead atoms. The van der Waals surface area contributed by atoms with Crippen molar-refractivity contribution in [1.29, 1.82) is 0 Å². The van der Waals surface area contributed by atoms with Crippen LogP contribution in [0.15, 0.2) is 36.7 Å². The van der Waals surface area contributed by atoms with Crippen molar-refractivity contribution < 1.29 is 5.11 Å². The van der Waals surface area contributed by atoms with Gasteiger partial charge < -0.3 is 5.11 Å². The summed E-state index contributed by atoms with van der Waals surface area (Å²) in [6.07, 6.45) is 5.24. The molecule has 102 valence electrons. The van der Waals surface area contributed by atoms with Gasteiger partial charge in [-0.05, 0) is 31.4 Å². The number of nitrogens with zero attached hydrogens (tertiary/aromatic N) is 2. The van der Waals surface area contributed by atoms with Gasteiger partial charge in [-0.2, -0.15) is 5.10 Å². The summed E-state index contributed by atoms with van der Waals surface area (Å²) in [4.78, 5) is 0. The Morgan fingerprint density at radius 1 is 1.26 bits per heavy atom. The molecule has 19 heavy (non-hydrogen) atoms. The van der Waals surface area contributed by atoms with E-state index in [2.05, 4.69) is 38.0 Å². The Morgan fingerprint density at radius 3 is 2.68 bits per heavy atom. The van der Waals surface area contributed by atoms with Gasteiger partial charge >= 0.3 is 0 Å². The number of hydrogen-bond donors (Lipinski definition) is 1. The molecule has 2 aromatic rings. The predicted octanol–water partition coefficient (Wildman–Crippen LogP) is 3.50. The van der Waals surface area contributed by atoms with E-state index in [0.29, 0.717) is 6.04 Å². The zero-order valence-electron chi connectivity index (χ0n) is 11.9. The van der Waals surface area contributed by atoms with Crippen molar-refractivity contribution in [1.82, 2.24) is 9.78 Å². The molecule has 0 saturated heterocycles. The minimum Gasteiger partial charge on any atom is -0.384 e. The predicted molar refractivity (Wildman–Crippen MR) is 77.1 cm³/mol. The maximum atomic E-state index is 10.4. The van der Waals surface area contributed by atoms with Gasteiger partial charge in [-0.3, -0.25) is 4.68 Å². The van der Waals surface area contributed by atoms with Crippen molar-refractivity contribution >= 4 is 0 Å². The van der Waals surface area contributed by atoms with Crippen LogP contribution in [0.5, 0.6) is 0 Å². The lowest BCUT2D eigenvalue weighted by molar-refractivity contribution is 0.220. The van der Waals surface area contributed by atoms with Gasteiger partial charge in [0.25, 0.3) is 0 Å². The van der Waals surface area contributed by atoms with Crippen LogP contribution in [0, 0.1) is 0 Å². The molecule has 2 rings (SSSR count). The second-order valence-electron chi connectivity index (χ2n) is 5.25. The van der Waals surface area contributed by atoms with Gasteiger partial charge in [-0.15, -0.1) is 0 Å². The van der Waals surface area contributed by atoms with E-state index in [-0.39, 0.29) is 0 Å². The minimum atomic E-state index is -0.593. The Balaban J connectivity index is 2.22. The fourth-order valence-corrected chi connectivity index (χ4v) is 2.18. The molecule has 3 heteroatoms. The normalized spacial score (nSPS) is 12.9. The number of benzene rings is 1. The van der Waals surface area contributed by atoms with Crippen molar-refractivity contribution in [2.75, 3.05) is 0 Å². The van der Waals surface area contributed by atoms with Gasteiger partial charge in [0.05, 0.1) is 6.20 Å². The second kappa shape index (κ2) is 6.02. The molecule has 0 aliphatic rings. The van der Waals surface area contributed by atoms with Gasteiger partial charge in [0.1, 0.15) is 6.10 Å². The van der Waals surface area contributed by atoms with Crippen LogP contribution < -0.4 is 0 Å². The highest BCUT2D eigenvalue weighted by molar-refractivity contribution is 5.31. The lowest BCUT2D eigenvalue weighted by atomic mass is 10.0. The summed E-state index contributed by atoms with van der Waals surface area (Å²) in [6.45, 7) is 6.31. The molecule has 0 amide bonds. The Morgan fingerprint density at radius 2 is 2.05 bits per heavy atom. The average molecular weight is 258 g/mol. The highest BCUT2D eigenvalue weighted by atomic mass is 16.3. The smallest absolute Gasteiger partial charge is 0.107 e. The lowest BCUT2D eigenvalue weighted by Crippen LogP contribution is -2.02. The van der Waals surface area contributed by atoms with Gasteiger partial charge in [0.15, 0.2) is 0 Å². The quantitative estimate of drug-likeness (QED) is 0.891. The van der Waals surface area contributed by atoms with Gasteiger partial charge in [-0.1, -0.05) is 37.6 Å². The van der Waals surface area contributed by atoms with E-state index in [4.69, 9.17) is 0 Å². The van der Waals surface area contributed by atoms with Gasteiger partial charge in [-0.25, -0.2) is 0 Å². The van der Waals surface area contributed by atoms with Crippen LogP contribution in [0.25, 0.3) is 0 Å². The van der Waals surface area contributed by atoms with Crippen LogP contribution in [-0.2, 0) is 6.42 Å². The second-order valence-corrected chi connectivity index (χ2v) is 5.25. The van der Waals surface area contributed by atoms with E-state index >= 15 is 0 Å². The Kier molecular flexibility index (Phi) is 4.38. The molecular formula is C16H22N2O. The number of rotatable bonds is 5. The maximum absolute atomic E-state index is 10.4. The first kappa shape index (κ1) is 13.8. The van der Waals surface area contributed by atoms with Crippen LogP contribution in [0.4, 0.5) is 0 Å². The van der Waals surface area contributed by atoms with E-state index in [9.17, 15) is 5.11 Å². The largest absolute Gasteiger partial charge is 0.384 e. The molecule has 1 aromatic heterocycles. The summed E-state index contributed by atoms with van der Waals surface area (Å²) >= 11 is 0. The molecule has 0 fully saturated rings. The van der Waals surface area contributed by atoms with E-state index in [1.165, 1.54) is 5.56 Å². The van der Waals surface area contributed by atoms with E-state index in [0.717, 1.165) is 24.0 Å². The number of aryl methyl sites for hydroxylation is 1. The molecule has 0 aliphatic carbocycles. The molecule has 0 spiro atoms. The summed E-state index contributed by atoms with van der Waals surface area (Å²) in [6, 6.07) is 8.48. The molecule has 3 nitrogen and oxygen atoms in total. The van der Waals surface area contributed by atoms with Crippen LogP contribution in [0.3, 0.4) is 0 Å². The van der Waals surface area contributed by atoms with Crippen LogP contribution >= 0.6 is 0 Å².